The smallest absolute Gasteiger partial charge is 0.208 e. The zero-order valence-corrected chi connectivity index (χ0v) is 14.6. The molecule has 0 atom stereocenters. The van der Waals surface area contributed by atoms with Gasteiger partial charge in [0.15, 0.2) is 0 Å². The first-order valence-electron chi connectivity index (χ1n) is 6.17. The summed E-state index contributed by atoms with van der Waals surface area (Å²) >= 11 is 6.94. The number of halogens is 2. The number of nitrogens with one attached hydrogen (secondary N) is 1. The van der Waals surface area contributed by atoms with Gasteiger partial charge in [0.2, 0.25) is 5.96 Å². The van der Waals surface area contributed by atoms with Crippen molar-refractivity contribution in [3.63, 3.8) is 0 Å². The Labute approximate surface area is 136 Å². The zero-order chi connectivity index (χ0) is 15.0. The minimum absolute atomic E-state index is 0.0845. The third-order valence-electron chi connectivity index (χ3n) is 2.70. The lowest BCUT2D eigenvalue weighted by Crippen LogP contribution is -2.28. The second-order valence-corrected chi connectivity index (χ2v) is 5.70. The number of hydrogen-bond acceptors (Lipinski definition) is 3. The van der Waals surface area contributed by atoms with E-state index in [-0.39, 0.29) is 5.96 Å². The van der Waals surface area contributed by atoms with Gasteiger partial charge in [0.1, 0.15) is 0 Å². The Balaban J connectivity index is 2.74. The molecule has 0 saturated carbocycles. The molecule has 3 N–H and O–H groups in total. The fourth-order valence-electron chi connectivity index (χ4n) is 1.56. The molecule has 1 aromatic carbocycles. The normalized spacial score (nSPS) is 10.8. The molecule has 0 heterocycles. The molecule has 20 heavy (non-hydrogen) atoms. The molecule has 0 radical (unpaired) electrons. The molecule has 0 amide bonds. The van der Waals surface area contributed by atoms with Crippen molar-refractivity contribution in [2.75, 3.05) is 35.7 Å². The van der Waals surface area contributed by atoms with Crippen molar-refractivity contribution >= 4 is 49.7 Å². The molecule has 0 saturated heterocycles. The van der Waals surface area contributed by atoms with Crippen LogP contribution < -0.4 is 10.6 Å². The Hall–Kier alpha value is -1.08. The van der Waals surface area contributed by atoms with Crippen molar-refractivity contribution < 1.29 is 0 Å². The molecule has 0 aliphatic rings. The van der Waals surface area contributed by atoms with Crippen molar-refractivity contribution in [2.24, 2.45) is 10.8 Å². The van der Waals surface area contributed by atoms with E-state index in [1.807, 2.05) is 12.1 Å². The van der Waals surface area contributed by atoms with Gasteiger partial charge in [-0.3, -0.25) is 5.41 Å². The quantitative estimate of drug-likeness (QED) is 0.317. The number of benzene rings is 1. The van der Waals surface area contributed by atoms with Gasteiger partial charge in [0.05, 0.1) is 6.21 Å². The summed E-state index contributed by atoms with van der Waals surface area (Å²) in [5.74, 6) is -0.0845. The maximum Gasteiger partial charge on any atom is 0.208 e. The van der Waals surface area contributed by atoms with Gasteiger partial charge in [-0.15, -0.1) is 0 Å². The van der Waals surface area contributed by atoms with Gasteiger partial charge in [-0.2, -0.15) is 5.10 Å². The number of nitrogens with zero attached hydrogens (tertiary/aromatic N) is 3. The maximum absolute atomic E-state index is 7.22. The summed E-state index contributed by atoms with van der Waals surface area (Å²) in [5.41, 5.74) is 7.46. The van der Waals surface area contributed by atoms with Crippen LogP contribution in [0.15, 0.2) is 29.4 Å². The zero-order valence-electron chi connectivity index (χ0n) is 11.4. The number of anilines is 1. The van der Waals surface area contributed by atoms with E-state index in [1.165, 1.54) is 10.7 Å². The van der Waals surface area contributed by atoms with Crippen LogP contribution in [0.3, 0.4) is 0 Å². The van der Waals surface area contributed by atoms with Crippen molar-refractivity contribution in [3.05, 3.63) is 29.8 Å². The number of nitrogens with two attached hydrogens (primary N) is 1. The number of hydrogen-bond donors (Lipinski definition) is 2. The van der Waals surface area contributed by atoms with Crippen molar-refractivity contribution in [1.29, 1.82) is 5.41 Å². The van der Waals surface area contributed by atoms with Crippen LogP contribution in [0.4, 0.5) is 5.69 Å². The molecular weight excluding hydrogens is 386 g/mol. The lowest BCUT2D eigenvalue weighted by atomic mass is 10.2. The summed E-state index contributed by atoms with van der Waals surface area (Å²) in [5, 5.41) is 14.5. The molecule has 5 nitrogen and oxygen atoms in total. The predicted molar refractivity (Wildman–Crippen MR) is 93.5 cm³/mol. The van der Waals surface area contributed by atoms with Crippen molar-refractivity contribution in [3.8, 4) is 0 Å². The second-order valence-electron chi connectivity index (χ2n) is 4.11. The van der Waals surface area contributed by atoms with E-state index in [0.29, 0.717) is 0 Å². The molecule has 0 unspecified atom stereocenters. The molecule has 0 aliphatic heterocycles. The van der Waals surface area contributed by atoms with Gasteiger partial charge in [-0.1, -0.05) is 44.0 Å². The van der Waals surface area contributed by atoms with E-state index < -0.39 is 0 Å². The van der Waals surface area contributed by atoms with Crippen LogP contribution in [0.25, 0.3) is 0 Å². The van der Waals surface area contributed by atoms with Crippen molar-refractivity contribution in [2.45, 2.75) is 0 Å². The average molecular weight is 405 g/mol. The predicted octanol–water partition coefficient (Wildman–Crippen LogP) is 2.44. The first-order valence-corrected chi connectivity index (χ1v) is 8.41. The van der Waals surface area contributed by atoms with E-state index in [0.717, 1.165) is 29.3 Å². The summed E-state index contributed by atoms with van der Waals surface area (Å²) in [6, 6.07) is 8.14. The molecule has 110 valence electrons. The standard InChI is InChI=1S/C13H19Br2N5/c1-19(13(16)17)18-10-11-2-4-12(5-3-11)20(8-6-14)9-7-15/h2-5,10H,6-9H2,1H3,(H3,16,17)/b18-10+. The highest BCUT2D eigenvalue weighted by atomic mass is 79.9. The minimum atomic E-state index is -0.0845. The van der Waals surface area contributed by atoms with Gasteiger partial charge in [-0.25, -0.2) is 5.01 Å². The van der Waals surface area contributed by atoms with E-state index >= 15 is 0 Å². The first-order chi connectivity index (χ1) is 9.58. The Morgan fingerprint density at radius 1 is 1.25 bits per heavy atom. The molecule has 1 rings (SSSR count). The highest BCUT2D eigenvalue weighted by molar-refractivity contribution is 9.09. The van der Waals surface area contributed by atoms with Gasteiger partial charge in [-0.05, 0) is 17.7 Å². The molecule has 0 aromatic heterocycles. The van der Waals surface area contributed by atoms with Crippen LogP contribution in [0.2, 0.25) is 0 Å². The summed E-state index contributed by atoms with van der Waals surface area (Å²) in [4.78, 5) is 2.30. The van der Waals surface area contributed by atoms with Crippen LogP contribution in [0, 0.1) is 5.41 Å². The lowest BCUT2D eigenvalue weighted by molar-refractivity contribution is 0.536. The number of rotatable bonds is 7. The van der Waals surface area contributed by atoms with Gasteiger partial charge in [0, 0.05) is 36.5 Å². The maximum atomic E-state index is 7.22. The highest BCUT2D eigenvalue weighted by Crippen LogP contribution is 2.15. The van der Waals surface area contributed by atoms with Gasteiger partial charge in [0.25, 0.3) is 0 Å². The van der Waals surface area contributed by atoms with Crippen molar-refractivity contribution in [1.82, 2.24) is 5.01 Å². The average Bonchev–Trinajstić information content (AvgIpc) is 2.45. The summed E-state index contributed by atoms with van der Waals surface area (Å²) in [6.07, 6.45) is 1.69. The fraction of sp³-hybridized carbons (Fsp3) is 0.385. The molecule has 1 aromatic rings. The number of hydrazone groups is 1. The molecule has 0 aliphatic carbocycles. The second kappa shape index (κ2) is 8.97. The number of guanidine groups is 1. The molecule has 0 bridgehead atoms. The Bertz CT molecular complexity index is 441. The summed E-state index contributed by atoms with van der Waals surface area (Å²) in [6.45, 7) is 1.93. The minimum Gasteiger partial charge on any atom is -0.370 e. The van der Waals surface area contributed by atoms with E-state index in [1.54, 1.807) is 13.3 Å². The van der Waals surface area contributed by atoms with E-state index in [4.69, 9.17) is 11.1 Å². The third-order valence-corrected chi connectivity index (χ3v) is 3.41. The number of alkyl halides is 2. The largest absolute Gasteiger partial charge is 0.370 e. The molecule has 0 fully saturated rings. The van der Waals surface area contributed by atoms with Crippen LogP contribution >= 0.6 is 31.9 Å². The monoisotopic (exact) mass is 403 g/mol. The topological polar surface area (TPSA) is 68.7 Å². The van der Waals surface area contributed by atoms with Gasteiger partial charge >= 0.3 is 0 Å². The van der Waals surface area contributed by atoms with Gasteiger partial charge < -0.3 is 10.6 Å². The fourth-order valence-corrected chi connectivity index (χ4v) is 2.42. The Morgan fingerprint density at radius 2 is 1.80 bits per heavy atom. The summed E-state index contributed by atoms with van der Waals surface area (Å²) in [7, 11) is 1.64. The molecular formula is C13H19Br2N5. The van der Waals surface area contributed by atoms with Crippen LogP contribution in [0.1, 0.15) is 5.56 Å². The highest BCUT2D eigenvalue weighted by Gasteiger charge is 2.04. The molecule has 0 spiro atoms. The Morgan fingerprint density at radius 3 is 2.25 bits per heavy atom. The molecule has 7 heteroatoms. The van der Waals surface area contributed by atoms with Crippen LogP contribution in [0.5, 0.6) is 0 Å². The summed E-state index contributed by atoms with van der Waals surface area (Å²) < 4.78 is 0. The Kier molecular flexibility index (Phi) is 7.61. The van der Waals surface area contributed by atoms with E-state index in [2.05, 4.69) is 54.0 Å². The first kappa shape index (κ1) is 17.0. The lowest BCUT2D eigenvalue weighted by Gasteiger charge is -2.23. The van der Waals surface area contributed by atoms with Crippen LogP contribution in [-0.2, 0) is 0 Å². The third kappa shape index (κ3) is 5.50. The SMILES string of the molecule is CN(/N=C/c1ccc(N(CCBr)CCBr)cc1)C(=N)N. The van der Waals surface area contributed by atoms with Crippen LogP contribution in [-0.4, -0.2) is 48.0 Å². The van der Waals surface area contributed by atoms with E-state index in [9.17, 15) is 0 Å².